The lowest BCUT2D eigenvalue weighted by Gasteiger charge is -2.26. The van der Waals surface area contributed by atoms with E-state index in [1.807, 2.05) is 24.3 Å². The maximum Gasteiger partial charge on any atom is 0.255 e. The summed E-state index contributed by atoms with van der Waals surface area (Å²) in [6.07, 6.45) is 3.40. The Bertz CT molecular complexity index is 1100. The highest BCUT2D eigenvalue weighted by Gasteiger charge is 2.26. The fourth-order valence-corrected chi connectivity index (χ4v) is 4.55. The van der Waals surface area contributed by atoms with Crippen molar-refractivity contribution in [3.8, 4) is 0 Å². The number of amides is 1. The number of ether oxygens (including phenoxy) is 1. The number of morpholine rings is 1. The molecule has 1 aliphatic rings. The van der Waals surface area contributed by atoms with E-state index in [1.165, 1.54) is 28.6 Å². The molecule has 1 aromatic heterocycles. The summed E-state index contributed by atoms with van der Waals surface area (Å²) in [6, 6.07) is 13.4. The monoisotopic (exact) mass is 397 g/mol. The average molecular weight is 397 g/mol. The van der Waals surface area contributed by atoms with E-state index in [9.17, 15) is 13.2 Å². The normalized spacial score (nSPS) is 15.4. The van der Waals surface area contributed by atoms with Gasteiger partial charge < -0.3 is 10.1 Å². The van der Waals surface area contributed by atoms with Gasteiger partial charge in [-0.05, 0) is 36.4 Å². The third-order valence-electron chi connectivity index (χ3n) is 4.65. The molecule has 4 rings (SSSR count). The molecule has 28 heavy (non-hydrogen) atoms. The Morgan fingerprint density at radius 2 is 1.79 bits per heavy atom. The largest absolute Gasteiger partial charge is 0.379 e. The van der Waals surface area contributed by atoms with E-state index < -0.39 is 10.0 Å². The molecule has 1 fully saturated rings. The Balaban J connectivity index is 1.54. The Morgan fingerprint density at radius 1 is 1.04 bits per heavy atom. The molecular weight excluding hydrogens is 378 g/mol. The number of benzene rings is 2. The molecular formula is C20H19N3O4S. The molecule has 0 spiro atoms. The second-order valence-corrected chi connectivity index (χ2v) is 8.34. The van der Waals surface area contributed by atoms with Crippen LogP contribution >= 0.6 is 0 Å². The average Bonchev–Trinajstić information content (AvgIpc) is 2.75. The summed E-state index contributed by atoms with van der Waals surface area (Å²) < 4.78 is 31.9. The van der Waals surface area contributed by atoms with Crippen molar-refractivity contribution in [3.63, 3.8) is 0 Å². The van der Waals surface area contributed by atoms with Crippen LogP contribution in [0.2, 0.25) is 0 Å². The van der Waals surface area contributed by atoms with Crippen molar-refractivity contribution >= 4 is 32.4 Å². The molecule has 0 aliphatic carbocycles. The number of carbonyl (C=O) groups is 1. The van der Waals surface area contributed by atoms with Crippen LogP contribution in [-0.4, -0.2) is 49.9 Å². The molecule has 7 nitrogen and oxygen atoms in total. The molecule has 2 aromatic carbocycles. The van der Waals surface area contributed by atoms with Crippen LogP contribution in [0.3, 0.4) is 0 Å². The van der Waals surface area contributed by atoms with Gasteiger partial charge in [-0.15, -0.1) is 0 Å². The molecule has 0 radical (unpaired) electrons. The zero-order chi connectivity index (χ0) is 19.6. The molecule has 0 bridgehead atoms. The summed E-state index contributed by atoms with van der Waals surface area (Å²) in [5, 5.41) is 4.69. The van der Waals surface area contributed by atoms with Gasteiger partial charge >= 0.3 is 0 Å². The molecule has 1 aliphatic heterocycles. The minimum Gasteiger partial charge on any atom is -0.379 e. The third kappa shape index (κ3) is 3.62. The van der Waals surface area contributed by atoms with Crippen LogP contribution in [0, 0.1) is 0 Å². The van der Waals surface area contributed by atoms with E-state index in [2.05, 4.69) is 10.3 Å². The molecule has 0 unspecified atom stereocenters. The summed E-state index contributed by atoms with van der Waals surface area (Å²) in [7, 11) is -3.58. The van der Waals surface area contributed by atoms with Gasteiger partial charge in [-0.1, -0.05) is 12.1 Å². The summed E-state index contributed by atoms with van der Waals surface area (Å²) in [5.74, 6) is -0.306. The van der Waals surface area contributed by atoms with Crippen molar-refractivity contribution in [1.29, 1.82) is 0 Å². The van der Waals surface area contributed by atoms with Crippen molar-refractivity contribution in [2.45, 2.75) is 4.90 Å². The van der Waals surface area contributed by atoms with E-state index in [0.717, 1.165) is 10.8 Å². The first-order valence-electron chi connectivity index (χ1n) is 8.88. The number of sulfonamides is 1. The summed E-state index contributed by atoms with van der Waals surface area (Å²) >= 11 is 0. The van der Waals surface area contributed by atoms with Crippen molar-refractivity contribution < 1.29 is 17.9 Å². The maximum atomic E-state index is 12.7. The van der Waals surface area contributed by atoms with E-state index in [1.54, 1.807) is 12.4 Å². The van der Waals surface area contributed by atoms with Crippen LogP contribution in [0.15, 0.2) is 65.8 Å². The molecule has 2 heterocycles. The van der Waals surface area contributed by atoms with Gasteiger partial charge in [-0.3, -0.25) is 9.78 Å². The van der Waals surface area contributed by atoms with E-state index >= 15 is 0 Å². The number of pyridine rings is 1. The molecule has 8 heteroatoms. The summed E-state index contributed by atoms with van der Waals surface area (Å²) in [5.41, 5.74) is 1.06. The maximum absolute atomic E-state index is 12.7. The van der Waals surface area contributed by atoms with Crippen LogP contribution < -0.4 is 5.32 Å². The summed E-state index contributed by atoms with van der Waals surface area (Å²) in [6.45, 7) is 1.45. The predicted octanol–water partition coefficient (Wildman–Crippen LogP) is 2.51. The lowest BCUT2D eigenvalue weighted by Crippen LogP contribution is -2.40. The first kappa shape index (κ1) is 18.5. The number of nitrogens with zero attached hydrogens (tertiary/aromatic N) is 2. The van der Waals surface area contributed by atoms with E-state index in [0.29, 0.717) is 37.6 Å². The van der Waals surface area contributed by atoms with Crippen LogP contribution in [0.1, 0.15) is 10.4 Å². The lowest BCUT2D eigenvalue weighted by molar-refractivity contribution is 0.0730. The Kier molecular flexibility index (Phi) is 5.08. The first-order valence-corrected chi connectivity index (χ1v) is 10.3. The molecule has 3 aromatic rings. The predicted molar refractivity (Wildman–Crippen MR) is 106 cm³/mol. The fraction of sp³-hybridized carbons (Fsp3) is 0.200. The Morgan fingerprint density at radius 3 is 2.54 bits per heavy atom. The molecule has 1 amide bonds. The van der Waals surface area contributed by atoms with E-state index in [4.69, 9.17) is 4.74 Å². The quantitative estimate of drug-likeness (QED) is 0.731. The van der Waals surface area contributed by atoms with Gasteiger partial charge in [0.05, 0.1) is 18.1 Å². The van der Waals surface area contributed by atoms with Gasteiger partial charge in [0.25, 0.3) is 5.91 Å². The first-order chi connectivity index (χ1) is 13.6. The molecule has 0 atom stereocenters. The highest BCUT2D eigenvalue weighted by molar-refractivity contribution is 7.89. The van der Waals surface area contributed by atoms with Crippen molar-refractivity contribution in [3.05, 3.63) is 66.5 Å². The van der Waals surface area contributed by atoms with Crippen molar-refractivity contribution in [2.75, 3.05) is 31.6 Å². The number of aromatic nitrogens is 1. The topological polar surface area (TPSA) is 88.6 Å². The zero-order valence-corrected chi connectivity index (χ0v) is 15.9. The van der Waals surface area contributed by atoms with Crippen LogP contribution in [0.4, 0.5) is 5.69 Å². The number of hydrogen-bond acceptors (Lipinski definition) is 5. The standard InChI is InChI=1S/C20H19N3O4S/c24-20(22-19-3-1-2-16-14-21-9-8-18(16)19)15-4-6-17(7-5-15)28(25,26)23-10-12-27-13-11-23/h1-9,14H,10-13H2,(H,22,24). The van der Waals surface area contributed by atoms with Gasteiger partial charge in [-0.2, -0.15) is 4.31 Å². The number of nitrogens with one attached hydrogen (secondary N) is 1. The summed E-state index contributed by atoms with van der Waals surface area (Å²) in [4.78, 5) is 16.9. The number of fused-ring (bicyclic) bond motifs is 1. The zero-order valence-electron chi connectivity index (χ0n) is 15.0. The SMILES string of the molecule is O=C(Nc1cccc2cnccc12)c1ccc(S(=O)(=O)N2CCOCC2)cc1. The van der Waals surface area contributed by atoms with Crippen molar-refractivity contribution in [2.24, 2.45) is 0 Å². The van der Waals surface area contributed by atoms with Gasteiger partial charge in [-0.25, -0.2) is 8.42 Å². The highest BCUT2D eigenvalue weighted by Crippen LogP contribution is 2.23. The number of rotatable bonds is 4. The van der Waals surface area contributed by atoms with Crippen LogP contribution in [0.5, 0.6) is 0 Å². The van der Waals surface area contributed by atoms with Crippen LogP contribution in [-0.2, 0) is 14.8 Å². The molecule has 1 saturated heterocycles. The van der Waals surface area contributed by atoms with Gasteiger partial charge in [0.15, 0.2) is 0 Å². The molecule has 1 N–H and O–H groups in total. The molecule has 144 valence electrons. The third-order valence-corrected chi connectivity index (χ3v) is 6.57. The Labute approximate surface area is 163 Å². The number of anilines is 1. The van der Waals surface area contributed by atoms with Gasteiger partial charge in [0, 0.05) is 47.5 Å². The highest BCUT2D eigenvalue weighted by atomic mass is 32.2. The number of hydrogen-bond donors (Lipinski definition) is 1. The van der Waals surface area contributed by atoms with Gasteiger partial charge in [0.2, 0.25) is 10.0 Å². The Hall–Kier alpha value is -2.81. The lowest BCUT2D eigenvalue weighted by atomic mass is 10.1. The second kappa shape index (κ2) is 7.67. The minimum atomic E-state index is -3.58. The molecule has 0 saturated carbocycles. The van der Waals surface area contributed by atoms with Crippen LogP contribution in [0.25, 0.3) is 10.8 Å². The smallest absolute Gasteiger partial charge is 0.255 e. The fourth-order valence-electron chi connectivity index (χ4n) is 3.14. The van der Waals surface area contributed by atoms with E-state index in [-0.39, 0.29) is 10.8 Å². The van der Waals surface area contributed by atoms with Crippen molar-refractivity contribution in [1.82, 2.24) is 9.29 Å². The minimum absolute atomic E-state index is 0.169. The second-order valence-electron chi connectivity index (χ2n) is 6.40. The number of carbonyl (C=O) groups excluding carboxylic acids is 1. The van der Waals surface area contributed by atoms with Gasteiger partial charge in [0.1, 0.15) is 0 Å².